The first-order valence-corrected chi connectivity index (χ1v) is 4.55. The Morgan fingerprint density at radius 2 is 2.13 bits per heavy atom. The van der Waals surface area contributed by atoms with Gasteiger partial charge in [0.2, 0.25) is 0 Å². The summed E-state index contributed by atoms with van der Waals surface area (Å²) < 4.78 is 10.3. The van der Waals surface area contributed by atoms with Crippen LogP contribution in [0.2, 0.25) is 0 Å². The highest BCUT2D eigenvalue weighted by Gasteiger charge is 2.05. The lowest BCUT2D eigenvalue weighted by Crippen LogP contribution is -1.96. The first kappa shape index (κ1) is 11.3. The molecule has 0 unspecified atom stereocenters. The molecule has 0 spiro atoms. The predicted octanol–water partition coefficient (Wildman–Crippen LogP) is 2.00. The summed E-state index contributed by atoms with van der Waals surface area (Å²) in [6, 6.07) is 5.48. The van der Waals surface area contributed by atoms with Crippen LogP contribution in [0.1, 0.15) is 5.56 Å². The molecular formula is C12H14O3. The van der Waals surface area contributed by atoms with Crippen LogP contribution >= 0.6 is 0 Å². The Balaban J connectivity index is 2.96. The van der Waals surface area contributed by atoms with E-state index >= 15 is 0 Å². The van der Waals surface area contributed by atoms with E-state index in [1.807, 2.05) is 12.1 Å². The third-order valence-electron chi connectivity index (χ3n) is 2.08. The molecule has 1 aromatic carbocycles. The van der Waals surface area contributed by atoms with Crippen molar-refractivity contribution in [3.63, 3.8) is 0 Å². The molecule has 0 aromatic heterocycles. The molecular weight excluding hydrogens is 192 g/mol. The van der Waals surface area contributed by atoms with E-state index < -0.39 is 0 Å². The molecule has 80 valence electrons. The van der Waals surface area contributed by atoms with Gasteiger partial charge in [-0.1, -0.05) is 12.6 Å². The van der Waals surface area contributed by atoms with Crippen molar-refractivity contribution in [3.05, 3.63) is 35.9 Å². The zero-order chi connectivity index (χ0) is 11.3. The smallest absolute Gasteiger partial charge is 0.145 e. The van der Waals surface area contributed by atoms with Crippen molar-refractivity contribution >= 4 is 6.29 Å². The minimum absolute atomic E-state index is 0.497. The van der Waals surface area contributed by atoms with Crippen molar-refractivity contribution in [1.29, 1.82) is 0 Å². The number of hydrogen-bond acceptors (Lipinski definition) is 3. The van der Waals surface area contributed by atoms with Crippen LogP contribution in [0.15, 0.2) is 30.4 Å². The number of aldehydes is 1. The molecule has 0 saturated carbocycles. The highest BCUT2D eigenvalue weighted by molar-refractivity contribution is 5.73. The molecule has 0 aliphatic carbocycles. The molecule has 1 aromatic rings. The normalized spacial score (nSPS) is 9.47. The fraction of sp³-hybridized carbons (Fsp3) is 0.250. The molecule has 0 aliphatic heterocycles. The molecule has 0 fully saturated rings. The maximum Gasteiger partial charge on any atom is 0.145 e. The fourth-order valence-electron chi connectivity index (χ4n) is 1.28. The summed E-state index contributed by atoms with van der Waals surface area (Å²) in [6.45, 7) is 3.63. The zero-order valence-corrected chi connectivity index (χ0v) is 8.95. The summed E-state index contributed by atoms with van der Waals surface area (Å²) in [6.07, 6.45) is 1.25. The third kappa shape index (κ3) is 2.84. The van der Waals surface area contributed by atoms with E-state index in [4.69, 9.17) is 9.47 Å². The summed E-state index contributed by atoms with van der Waals surface area (Å²) in [7, 11) is 3.18. The second-order valence-electron chi connectivity index (χ2n) is 3.13. The van der Waals surface area contributed by atoms with Crippen LogP contribution in [0.25, 0.3) is 0 Å². The Kier molecular flexibility index (Phi) is 3.92. The molecule has 0 bridgehead atoms. The minimum Gasteiger partial charge on any atom is -0.497 e. The Morgan fingerprint density at radius 3 is 2.67 bits per heavy atom. The Hall–Kier alpha value is -1.77. The van der Waals surface area contributed by atoms with Gasteiger partial charge in [0, 0.05) is 12.5 Å². The average Bonchev–Trinajstić information content (AvgIpc) is 2.29. The Morgan fingerprint density at radius 1 is 1.40 bits per heavy atom. The number of hydrogen-bond donors (Lipinski definition) is 0. The summed E-state index contributed by atoms with van der Waals surface area (Å²) in [5.74, 6) is 1.43. The maximum absolute atomic E-state index is 10.5. The Bertz CT molecular complexity index is 369. The molecule has 0 heterocycles. The van der Waals surface area contributed by atoms with Crippen molar-refractivity contribution in [2.45, 2.75) is 6.42 Å². The lowest BCUT2D eigenvalue weighted by Gasteiger charge is -2.09. The quantitative estimate of drug-likeness (QED) is 0.546. The molecule has 0 saturated heterocycles. The van der Waals surface area contributed by atoms with Gasteiger partial charge in [-0.15, -0.1) is 0 Å². The monoisotopic (exact) mass is 206 g/mol. The standard InChI is InChI=1S/C12H14O3/c1-9(8-13)6-10-4-5-11(14-2)7-12(10)15-3/h4-5,7-8H,1,6H2,2-3H3. The van der Waals surface area contributed by atoms with Crippen molar-refractivity contribution < 1.29 is 14.3 Å². The number of allylic oxidation sites excluding steroid dienone is 1. The molecule has 0 amide bonds. The third-order valence-corrected chi connectivity index (χ3v) is 2.08. The Labute approximate surface area is 89.3 Å². The first-order valence-electron chi connectivity index (χ1n) is 4.55. The maximum atomic E-state index is 10.5. The van der Waals surface area contributed by atoms with Crippen LogP contribution in [0.5, 0.6) is 11.5 Å². The summed E-state index contributed by atoms with van der Waals surface area (Å²) in [4.78, 5) is 10.5. The van der Waals surface area contributed by atoms with Gasteiger partial charge >= 0.3 is 0 Å². The summed E-state index contributed by atoms with van der Waals surface area (Å²) >= 11 is 0. The van der Waals surface area contributed by atoms with Crippen LogP contribution in [0.3, 0.4) is 0 Å². The van der Waals surface area contributed by atoms with E-state index in [1.54, 1.807) is 20.3 Å². The number of methoxy groups -OCH3 is 2. The SMILES string of the molecule is C=C(C=O)Cc1ccc(OC)cc1OC. The largest absolute Gasteiger partial charge is 0.497 e. The van der Waals surface area contributed by atoms with Gasteiger partial charge in [0.1, 0.15) is 17.8 Å². The van der Waals surface area contributed by atoms with E-state index in [-0.39, 0.29) is 0 Å². The van der Waals surface area contributed by atoms with Gasteiger partial charge in [0.25, 0.3) is 0 Å². The van der Waals surface area contributed by atoms with E-state index in [0.29, 0.717) is 17.7 Å². The van der Waals surface area contributed by atoms with Gasteiger partial charge < -0.3 is 9.47 Å². The molecule has 0 radical (unpaired) electrons. The van der Waals surface area contributed by atoms with E-state index in [0.717, 1.165) is 17.6 Å². The molecule has 0 N–H and O–H groups in total. The van der Waals surface area contributed by atoms with Crippen molar-refractivity contribution in [1.82, 2.24) is 0 Å². The number of carbonyl (C=O) groups excluding carboxylic acids is 1. The van der Waals surface area contributed by atoms with E-state index in [9.17, 15) is 4.79 Å². The topological polar surface area (TPSA) is 35.5 Å². The van der Waals surface area contributed by atoms with Crippen molar-refractivity contribution in [2.75, 3.05) is 14.2 Å². The van der Waals surface area contributed by atoms with E-state index in [2.05, 4.69) is 6.58 Å². The van der Waals surface area contributed by atoms with Crippen LogP contribution < -0.4 is 9.47 Å². The van der Waals surface area contributed by atoms with Crippen LogP contribution in [-0.2, 0) is 11.2 Å². The minimum atomic E-state index is 0.497. The van der Waals surface area contributed by atoms with Gasteiger partial charge in [0.15, 0.2) is 0 Å². The first-order chi connectivity index (χ1) is 7.21. The molecule has 1 rings (SSSR count). The predicted molar refractivity (Wildman–Crippen MR) is 58.5 cm³/mol. The fourth-order valence-corrected chi connectivity index (χ4v) is 1.28. The molecule has 15 heavy (non-hydrogen) atoms. The molecule has 3 nitrogen and oxygen atoms in total. The van der Waals surface area contributed by atoms with Crippen molar-refractivity contribution in [3.8, 4) is 11.5 Å². The highest BCUT2D eigenvalue weighted by atomic mass is 16.5. The number of carbonyl (C=O) groups is 1. The van der Waals surface area contributed by atoms with Gasteiger partial charge in [-0.25, -0.2) is 0 Å². The molecule has 0 atom stereocenters. The summed E-state index contributed by atoms with van der Waals surface area (Å²) in [5, 5.41) is 0. The second-order valence-corrected chi connectivity index (χ2v) is 3.13. The zero-order valence-electron chi connectivity index (χ0n) is 8.95. The van der Waals surface area contributed by atoms with Crippen LogP contribution in [-0.4, -0.2) is 20.5 Å². The van der Waals surface area contributed by atoms with Crippen LogP contribution in [0, 0.1) is 0 Å². The number of ether oxygens (including phenoxy) is 2. The lowest BCUT2D eigenvalue weighted by atomic mass is 10.1. The number of rotatable bonds is 5. The van der Waals surface area contributed by atoms with Gasteiger partial charge in [-0.3, -0.25) is 4.79 Å². The molecule has 3 heteroatoms. The molecule has 0 aliphatic rings. The van der Waals surface area contributed by atoms with Gasteiger partial charge in [-0.2, -0.15) is 0 Å². The van der Waals surface area contributed by atoms with Crippen LogP contribution in [0.4, 0.5) is 0 Å². The number of benzene rings is 1. The van der Waals surface area contributed by atoms with Gasteiger partial charge in [-0.05, 0) is 17.2 Å². The van der Waals surface area contributed by atoms with Gasteiger partial charge in [0.05, 0.1) is 14.2 Å². The van der Waals surface area contributed by atoms with Crippen molar-refractivity contribution in [2.24, 2.45) is 0 Å². The van der Waals surface area contributed by atoms with E-state index in [1.165, 1.54) is 0 Å². The summed E-state index contributed by atoms with van der Waals surface area (Å²) in [5.41, 5.74) is 1.45. The highest BCUT2D eigenvalue weighted by Crippen LogP contribution is 2.25. The average molecular weight is 206 g/mol. The second kappa shape index (κ2) is 5.20. The lowest BCUT2D eigenvalue weighted by molar-refractivity contribution is -0.104.